The minimum absolute atomic E-state index is 0. The average Bonchev–Trinajstić information content (AvgIpc) is 1.39. The Morgan fingerprint density at radius 3 is 1.00 bits per heavy atom. The van der Waals surface area contributed by atoms with E-state index in [2.05, 4.69) is 0 Å². The molecule has 0 aliphatic heterocycles. The molecule has 0 amide bonds. The Morgan fingerprint density at radius 2 is 1.00 bits per heavy atom. The molecule has 5 heteroatoms. The molecule has 0 fully saturated rings. The maximum absolute atomic E-state index is 8.24. The molecule has 0 spiro atoms. The fraction of sp³-hybridized carbons (Fsp3) is 0. The smallest absolute Gasteiger partial charge is 0.812 e. The molecule has 0 rings (SSSR count). The molecule has 0 aromatic carbocycles. The molecule has 0 N–H and O–H groups in total. The molecule has 0 aromatic heterocycles. The van der Waals surface area contributed by atoms with Crippen LogP contribution in [0.2, 0.25) is 0 Å². The van der Waals surface area contributed by atoms with Gasteiger partial charge in [-0.05, 0) is 0 Å². The van der Waals surface area contributed by atoms with Gasteiger partial charge in [0.25, 0.3) is 0 Å². The standard InChI is InChI=1S/2CHNO.Pt/c2*2-1-3;/h2*3H;/q;;+2/p-2. The summed E-state index contributed by atoms with van der Waals surface area (Å²) in [4.78, 5) is 0. The zero-order valence-electron chi connectivity index (χ0n) is 3.03. The molecule has 0 saturated carbocycles. The second kappa shape index (κ2) is 59.7. The average molecular weight is 279 g/mol. The Morgan fingerprint density at radius 1 is 1.00 bits per heavy atom. The molecule has 0 aromatic rings. The minimum Gasteiger partial charge on any atom is -0.812 e. The van der Waals surface area contributed by atoms with Crippen LogP contribution in [0.4, 0.5) is 0 Å². The normalized spacial score (nSPS) is 2.00. The summed E-state index contributed by atoms with van der Waals surface area (Å²) >= 11 is 0. The van der Waals surface area contributed by atoms with Gasteiger partial charge in [0.15, 0.2) is 0 Å². The second-order valence-electron chi connectivity index (χ2n) is 0.183. The van der Waals surface area contributed by atoms with Crippen LogP contribution >= 0.6 is 0 Å². The van der Waals surface area contributed by atoms with Crippen molar-refractivity contribution >= 4 is 0 Å². The van der Waals surface area contributed by atoms with E-state index in [0.29, 0.717) is 12.5 Å². The molecule has 0 aliphatic rings. The number of hydrogen-bond acceptors (Lipinski definition) is 4. The summed E-state index contributed by atoms with van der Waals surface area (Å²) in [7, 11) is 0. The summed E-state index contributed by atoms with van der Waals surface area (Å²) in [6, 6.07) is 0. The van der Waals surface area contributed by atoms with Crippen molar-refractivity contribution in [3.8, 4) is 12.5 Å². The van der Waals surface area contributed by atoms with E-state index in [1.54, 1.807) is 0 Å². The number of hydrogen-bond donors (Lipinski definition) is 0. The van der Waals surface area contributed by atoms with E-state index in [-0.39, 0.29) is 21.1 Å². The first-order valence-electron chi connectivity index (χ1n) is 0.855. The number of rotatable bonds is 0. The van der Waals surface area contributed by atoms with Crippen LogP contribution in [-0.4, -0.2) is 0 Å². The maximum atomic E-state index is 8.24. The second-order valence-corrected chi connectivity index (χ2v) is 0.183. The van der Waals surface area contributed by atoms with Crippen LogP contribution < -0.4 is 10.2 Å². The third-order valence-electron chi connectivity index (χ3n) is 0. The Bertz CT molecular complexity index is 68.7. The molecule has 0 aliphatic carbocycles. The third kappa shape index (κ3) is 105. The quantitative estimate of drug-likeness (QED) is 0.464. The molecule has 0 atom stereocenters. The van der Waals surface area contributed by atoms with Gasteiger partial charge < -0.3 is 10.2 Å². The Balaban J connectivity index is -0.0000000400. The molecule has 40 valence electrons. The van der Waals surface area contributed by atoms with E-state index in [1.165, 1.54) is 0 Å². The van der Waals surface area contributed by atoms with Gasteiger partial charge >= 0.3 is 21.1 Å². The monoisotopic (exact) mass is 279 g/mol. The fourth-order valence-electron chi connectivity index (χ4n) is 0. The SMILES string of the molecule is N#C[O-].N#C[O-].[Pt+2]. The number of nitriles is 2. The topological polar surface area (TPSA) is 93.7 Å². The van der Waals surface area contributed by atoms with Gasteiger partial charge in [-0.15, -0.1) is 0 Å². The largest absolute Gasteiger partial charge is 2.00 e. The van der Waals surface area contributed by atoms with Crippen molar-refractivity contribution < 1.29 is 31.3 Å². The number of nitrogens with zero attached hydrogens (tertiary/aromatic N) is 2. The van der Waals surface area contributed by atoms with Crippen molar-refractivity contribution in [3.05, 3.63) is 0 Å². The van der Waals surface area contributed by atoms with Gasteiger partial charge in [0.1, 0.15) is 0 Å². The van der Waals surface area contributed by atoms with Crippen LogP contribution in [0.5, 0.6) is 0 Å². The minimum atomic E-state index is 0. The third-order valence-corrected chi connectivity index (χ3v) is 0. The van der Waals surface area contributed by atoms with Crippen LogP contribution in [0.3, 0.4) is 0 Å². The van der Waals surface area contributed by atoms with Crippen LogP contribution in [0, 0.1) is 23.0 Å². The van der Waals surface area contributed by atoms with E-state index >= 15 is 0 Å². The van der Waals surface area contributed by atoms with Gasteiger partial charge in [0.05, 0.1) is 0 Å². The van der Waals surface area contributed by atoms with Crippen molar-refractivity contribution in [3.63, 3.8) is 0 Å². The summed E-state index contributed by atoms with van der Waals surface area (Å²) in [5.74, 6) is 0. The molecule has 0 heterocycles. The predicted octanol–water partition coefficient (Wildman–Crippen LogP) is -2.35. The van der Waals surface area contributed by atoms with E-state index in [1.807, 2.05) is 0 Å². The van der Waals surface area contributed by atoms with Gasteiger partial charge in [-0.1, -0.05) is 0 Å². The summed E-state index contributed by atoms with van der Waals surface area (Å²) in [6.45, 7) is 0. The summed E-state index contributed by atoms with van der Waals surface area (Å²) in [6.07, 6.45) is 1.00. The van der Waals surface area contributed by atoms with Gasteiger partial charge in [-0.3, -0.25) is 0 Å². The van der Waals surface area contributed by atoms with Gasteiger partial charge in [0.2, 0.25) is 0 Å². The van der Waals surface area contributed by atoms with Crippen LogP contribution in [0.25, 0.3) is 0 Å². The molecular formula is C2N2O2Pt. The van der Waals surface area contributed by atoms with Gasteiger partial charge in [0, 0.05) is 12.5 Å². The summed E-state index contributed by atoms with van der Waals surface area (Å²) in [5, 5.41) is 30.0. The van der Waals surface area contributed by atoms with Crippen LogP contribution in [0.1, 0.15) is 0 Å². The Hall–Kier alpha value is -0.732. The zero-order valence-corrected chi connectivity index (χ0v) is 5.30. The first kappa shape index (κ1) is 16.3. The first-order chi connectivity index (χ1) is 2.83. The van der Waals surface area contributed by atoms with Crippen molar-refractivity contribution in [1.82, 2.24) is 0 Å². The van der Waals surface area contributed by atoms with Crippen LogP contribution in [0.15, 0.2) is 0 Å². The van der Waals surface area contributed by atoms with E-state index in [9.17, 15) is 0 Å². The van der Waals surface area contributed by atoms with Crippen molar-refractivity contribution in [2.75, 3.05) is 0 Å². The van der Waals surface area contributed by atoms with Gasteiger partial charge in [-0.2, -0.15) is 0 Å². The molecule has 0 unspecified atom stereocenters. The Kier molecular flexibility index (Phi) is 139. The van der Waals surface area contributed by atoms with E-state index in [4.69, 9.17) is 20.7 Å². The summed E-state index contributed by atoms with van der Waals surface area (Å²) < 4.78 is 0. The fourth-order valence-corrected chi connectivity index (χ4v) is 0. The van der Waals surface area contributed by atoms with Crippen LogP contribution in [-0.2, 0) is 21.1 Å². The Labute approximate surface area is 54.9 Å². The van der Waals surface area contributed by atoms with Crippen molar-refractivity contribution in [2.24, 2.45) is 0 Å². The molecule has 0 radical (unpaired) electrons. The first-order valence-corrected chi connectivity index (χ1v) is 0.855. The molecule has 4 nitrogen and oxygen atoms in total. The van der Waals surface area contributed by atoms with Crippen molar-refractivity contribution in [1.29, 1.82) is 10.5 Å². The van der Waals surface area contributed by atoms with Crippen molar-refractivity contribution in [2.45, 2.75) is 0 Å². The van der Waals surface area contributed by atoms with E-state index < -0.39 is 0 Å². The maximum Gasteiger partial charge on any atom is 2.00 e. The predicted molar refractivity (Wildman–Crippen MR) is 11.2 cm³/mol. The molecule has 0 saturated heterocycles. The zero-order chi connectivity index (χ0) is 5.41. The summed E-state index contributed by atoms with van der Waals surface area (Å²) in [5.41, 5.74) is 0. The van der Waals surface area contributed by atoms with Gasteiger partial charge in [-0.25, -0.2) is 10.5 Å². The molecule has 7 heavy (non-hydrogen) atoms. The molecule has 0 bridgehead atoms. The van der Waals surface area contributed by atoms with E-state index in [0.717, 1.165) is 0 Å². The molecular weight excluding hydrogens is 279 g/mol.